The number of carbonyl (C=O) groups is 2. The summed E-state index contributed by atoms with van der Waals surface area (Å²) in [4.78, 5) is 32.8. The summed E-state index contributed by atoms with van der Waals surface area (Å²) in [6, 6.07) is 11.0. The molecule has 0 aliphatic carbocycles. The summed E-state index contributed by atoms with van der Waals surface area (Å²) in [6.45, 7) is 0.209. The molecule has 9 heteroatoms. The predicted octanol–water partition coefficient (Wildman–Crippen LogP) is 4.44. The number of thiophene rings is 1. The average Bonchev–Trinajstić information content (AvgIpc) is 3.41. The highest BCUT2D eigenvalue weighted by Crippen LogP contribution is 2.43. The predicted molar refractivity (Wildman–Crippen MR) is 121 cm³/mol. The van der Waals surface area contributed by atoms with Crippen molar-refractivity contribution < 1.29 is 24.2 Å². The van der Waals surface area contributed by atoms with E-state index in [0.29, 0.717) is 11.4 Å². The van der Waals surface area contributed by atoms with Crippen LogP contribution in [0.2, 0.25) is 5.02 Å². The van der Waals surface area contributed by atoms with Gasteiger partial charge < -0.3 is 19.5 Å². The van der Waals surface area contributed by atoms with Crippen LogP contribution >= 0.6 is 22.9 Å². The van der Waals surface area contributed by atoms with Crippen molar-refractivity contribution in [3.05, 3.63) is 80.8 Å². The van der Waals surface area contributed by atoms with Gasteiger partial charge in [-0.25, -0.2) is 0 Å². The second-order valence-corrected chi connectivity index (χ2v) is 8.39. The van der Waals surface area contributed by atoms with E-state index in [0.717, 1.165) is 4.88 Å². The van der Waals surface area contributed by atoms with Crippen molar-refractivity contribution in [2.24, 2.45) is 0 Å². The third-order valence-corrected chi connectivity index (χ3v) is 6.30. The number of methoxy groups -OCH3 is 2. The first-order valence-electron chi connectivity index (χ1n) is 9.59. The Morgan fingerprint density at radius 2 is 1.94 bits per heavy atom. The summed E-state index contributed by atoms with van der Waals surface area (Å²) in [5, 5.41) is 13.4. The smallest absolute Gasteiger partial charge is 0.296 e. The number of Topliss-reactive ketones (excluding diaryl/α,β-unsaturated/α-hetero) is 1. The molecule has 0 saturated carbocycles. The number of carbonyl (C=O) groups excluding carboxylic acids is 2. The molecule has 1 aromatic carbocycles. The zero-order valence-corrected chi connectivity index (χ0v) is 18.8. The Bertz CT molecular complexity index is 1190. The molecule has 164 valence electrons. The van der Waals surface area contributed by atoms with Crippen molar-refractivity contribution in [2.75, 3.05) is 14.2 Å². The molecule has 1 aliphatic rings. The van der Waals surface area contributed by atoms with Crippen LogP contribution in [0.25, 0.3) is 5.76 Å². The Morgan fingerprint density at radius 3 is 2.56 bits per heavy atom. The number of aromatic nitrogens is 1. The van der Waals surface area contributed by atoms with Crippen LogP contribution in [0, 0.1) is 0 Å². The van der Waals surface area contributed by atoms with Crippen LogP contribution in [-0.4, -0.2) is 40.9 Å². The number of halogens is 1. The van der Waals surface area contributed by atoms with Gasteiger partial charge in [0.1, 0.15) is 23.3 Å². The molecule has 1 fully saturated rings. The number of aliphatic hydroxyl groups is 1. The van der Waals surface area contributed by atoms with Crippen LogP contribution in [0.1, 0.15) is 22.2 Å². The number of ketones is 1. The van der Waals surface area contributed by atoms with Gasteiger partial charge in [0.05, 0.1) is 42.6 Å². The molecule has 3 heterocycles. The van der Waals surface area contributed by atoms with E-state index in [1.165, 1.54) is 42.6 Å². The molecule has 1 saturated heterocycles. The maximum Gasteiger partial charge on any atom is 0.296 e. The van der Waals surface area contributed by atoms with Crippen molar-refractivity contribution >= 4 is 40.4 Å². The minimum absolute atomic E-state index is 0.0789. The van der Waals surface area contributed by atoms with Gasteiger partial charge in [-0.15, -0.1) is 11.3 Å². The Hall–Kier alpha value is -3.36. The van der Waals surface area contributed by atoms with E-state index in [4.69, 9.17) is 21.1 Å². The molecule has 2 aromatic heterocycles. The highest BCUT2D eigenvalue weighted by Gasteiger charge is 2.47. The third-order valence-electron chi connectivity index (χ3n) is 5.14. The van der Waals surface area contributed by atoms with Crippen LogP contribution < -0.4 is 9.47 Å². The second-order valence-electron chi connectivity index (χ2n) is 6.95. The lowest BCUT2D eigenvalue weighted by Gasteiger charge is -2.24. The number of ether oxygens (including phenoxy) is 2. The fourth-order valence-corrected chi connectivity index (χ4v) is 4.59. The maximum atomic E-state index is 13.1. The number of likely N-dealkylation sites (tertiary alicyclic amines) is 1. The topological polar surface area (TPSA) is 89.0 Å². The lowest BCUT2D eigenvalue weighted by molar-refractivity contribution is -0.140. The van der Waals surface area contributed by atoms with E-state index in [-0.39, 0.29) is 28.5 Å². The van der Waals surface area contributed by atoms with Gasteiger partial charge in [0.15, 0.2) is 0 Å². The van der Waals surface area contributed by atoms with Gasteiger partial charge in [-0.05, 0) is 29.6 Å². The van der Waals surface area contributed by atoms with E-state index in [2.05, 4.69) is 4.98 Å². The van der Waals surface area contributed by atoms with Gasteiger partial charge in [-0.2, -0.15) is 0 Å². The largest absolute Gasteiger partial charge is 0.507 e. The molecule has 4 rings (SSSR count). The van der Waals surface area contributed by atoms with Crippen LogP contribution in [0.3, 0.4) is 0 Å². The zero-order valence-electron chi connectivity index (χ0n) is 17.2. The molecular weight excluding hydrogens is 452 g/mol. The van der Waals surface area contributed by atoms with Crippen molar-refractivity contribution in [1.29, 1.82) is 0 Å². The van der Waals surface area contributed by atoms with Gasteiger partial charge in [0.2, 0.25) is 0 Å². The summed E-state index contributed by atoms with van der Waals surface area (Å²) in [5.74, 6) is -1.32. The number of rotatable bonds is 6. The Balaban J connectivity index is 1.91. The summed E-state index contributed by atoms with van der Waals surface area (Å²) in [5.41, 5.74) is 0.557. The van der Waals surface area contributed by atoms with E-state index in [1.807, 2.05) is 17.5 Å². The molecule has 1 aliphatic heterocycles. The number of benzene rings is 1. The molecule has 3 aromatic rings. The second kappa shape index (κ2) is 9.02. The van der Waals surface area contributed by atoms with Gasteiger partial charge >= 0.3 is 0 Å². The number of hydrogen-bond donors (Lipinski definition) is 1. The number of hydrogen-bond acceptors (Lipinski definition) is 7. The molecule has 1 amide bonds. The van der Waals surface area contributed by atoms with E-state index in [1.54, 1.807) is 24.4 Å². The zero-order chi connectivity index (χ0) is 22.8. The minimum atomic E-state index is -0.871. The van der Waals surface area contributed by atoms with Crippen molar-refractivity contribution in [2.45, 2.75) is 12.6 Å². The van der Waals surface area contributed by atoms with Crippen molar-refractivity contribution in [3.8, 4) is 11.5 Å². The molecule has 7 nitrogen and oxygen atoms in total. The number of aliphatic hydroxyl groups excluding tert-OH is 1. The molecule has 32 heavy (non-hydrogen) atoms. The number of nitrogens with zero attached hydrogens (tertiary/aromatic N) is 2. The van der Waals surface area contributed by atoms with Crippen LogP contribution in [0.5, 0.6) is 11.5 Å². The standard InChI is InChI=1S/C23H19ClN2O5S/c1-30-17-11-18(31-2)15(24)10-14(17)21(27)19-20(16-7-3-4-8-25-16)26(23(29)22(19)28)12-13-6-5-9-32-13/h3-11,20,27H,12H2,1-2H3/b21-19+. The molecule has 0 bridgehead atoms. The highest BCUT2D eigenvalue weighted by atomic mass is 35.5. The van der Waals surface area contributed by atoms with Gasteiger partial charge in [-0.3, -0.25) is 14.6 Å². The Kier molecular flexibility index (Phi) is 6.16. The fraction of sp³-hybridized carbons (Fsp3) is 0.174. The summed E-state index contributed by atoms with van der Waals surface area (Å²) < 4.78 is 10.6. The van der Waals surface area contributed by atoms with Crippen LogP contribution in [0.15, 0.2) is 59.6 Å². The van der Waals surface area contributed by atoms with Crippen molar-refractivity contribution in [1.82, 2.24) is 9.88 Å². The van der Waals surface area contributed by atoms with Gasteiger partial charge in [-0.1, -0.05) is 23.7 Å². The fourth-order valence-electron chi connectivity index (χ4n) is 3.65. The van der Waals surface area contributed by atoms with E-state index in [9.17, 15) is 14.7 Å². The van der Waals surface area contributed by atoms with Crippen LogP contribution in [-0.2, 0) is 16.1 Å². The summed E-state index contributed by atoms with van der Waals surface area (Å²) >= 11 is 7.74. The third kappa shape index (κ3) is 3.83. The quantitative estimate of drug-likeness (QED) is 0.325. The Labute approximate surface area is 193 Å². The lowest BCUT2D eigenvalue weighted by Crippen LogP contribution is -2.29. The molecular formula is C23H19ClN2O5S. The number of pyridine rings is 1. The lowest BCUT2D eigenvalue weighted by atomic mass is 9.97. The Morgan fingerprint density at radius 1 is 1.16 bits per heavy atom. The molecule has 1 N–H and O–H groups in total. The molecule has 1 unspecified atom stereocenters. The maximum absolute atomic E-state index is 13.1. The first kappa shape index (κ1) is 21.9. The van der Waals surface area contributed by atoms with Gasteiger partial charge in [0.25, 0.3) is 11.7 Å². The van der Waals surface area contributed by atoms with E-state index >= 15 is 0 Å². The van der Waals surface area contributed by atoms with Crippen molar-refractivity contribution in [3.63, 3.8) is 0 Å². The van der Waals surface area contributed by atoms with E-state index < -0.39 is 23.5 Å². The highest BCUT2D eigenvalue weighted by molar-refractivity contribution is 7.09. The molecule has 0 radical (unpaired) electrons. The average molecular weight is 471 g/mol. The monoisotopic (exact) mass is 470 g/mol. The number of amides is 1. The SMILES string of the molecule is COc1cc(OC)c(/C(O)=C2\C(=O)C(=O)N(Cc3cccs3)C2c2ccccn2)cc1Cl. The van der Waals surface area contributed by atoms with Crippen LogP contribution in [0.4, 0.5) is 0 Å². The first-order chi connectivity index (χ1) is 15.5. The minimum Gasteiger partial charge on any atom is -0.507 e. The molecule has 1 atom stereocenters. The first-order valence-corrected chi connectivity index (χ1v) is 10.9. The van der Waals surface area contributed by atoms with Gasteiger partial charge in [0, 0.05) is 17.1 Å². The summed E-state index contributed by atoms with van der Waals surface area (Å²) in [7, 11) is 2.88. The molecule has 0 spiro atoms. The summed E-state index contributed by atoms with van der Waals surface area (Å²) in [6.07, 6.45) is 1.57. The normalized spacial score (nSPS) is 17.6.